The summed E-state index contributed by atoms with van der Waals surface area (Å²) >= 11 is 1.81. The highest BCUT2D eigenvalue weighted by Gasteiger charge is 2.41. The topological polar surface area (TPSA) is 43.7 Å². The van der Waals surface area contributed by atoms with Crippen molar-refractivity contribution in [2.75, 3.05) is 5.75 Å². The van der Waals surface area contributed by atoms with Gasteiger partial charge in [0.2, 0.25) is 0 Å². The maximum atomic E-state index is 10.0. The Morgan fingerprint density at radius 2 is 1.64 bits per heavy atom. The van der Waals surface area contributed by atoms with Crippen molar-refractivity contribution in [3.8, 4) is 0 Å². The van der Waals surface area contributed by atoms with E-state index in [9.17, 15) is 10.2 Å². The SMILES string of the molecule is CC(C)(O)N(C1CCCS1)C(C)(C)O. The Labute approximate surface area is 90.5 Å². The molecule has 1 saturated heterocycles. The van der Waals surface area contributed by atoms with Crippen molar-refractivity contribution in [3.63, 3.8) is 0 Å². The quantitative estimate of drug-likeness (QED) is 0.708. The molecule has 1 heterocycles. The van der Waals surface area contributed by atoms with Crippen LogP contribution in [0.5, 0.6) is 0 Å². The van der Waals surface area contributed by atoms with Crippen LogP contribution in [0.25, 0.3) is 0 Å². The molecule has 2 N–H and O–H groups in total. The van der Waals surface area contributed by atoms with E-state index in [0.29, 0.717) is 0 Å². The third kappa shape index (κ3) is 2.86. The van der Waals surface area contributed by atoms with Crippen molar-refractivity contribution in [1.82, 2.24) is 4.90 Å². The van der Waals surface area contributed by atoms with Crippen LogP contribution in [0.15, 0.2) is 0 Å². The van der Waals surface area contributed by atoms with Crippen LogP contribution in [0.3, 0.4) is 0 Å². The number of thioether (sulfide) groups is 1. The molecule has 0 amide bonds. The fraction of sp³-hybridized carbons (Fsp3) is 1.00. The molecule has 1 fully saturated rings. The van der Waals surface area contributed by atoms with Crippen LogP contribution >= 0.6 is 11.8 Å². The van der Waals surface area contributed by atoms with Gasteiger partial charge in [-0.3, -0.25) is 0 Å². The second-order valence-electron chi connectivity index (χ2n) is 4.83. The summed E-state index contributed by atoms with van der Waals surface area (Å²) in [5.74, 6) is 1.12. The van der Waals surface area contributed by atoms with Gasteiger partial charge in [0.05, 0.1) is 5.37 Å². The van der Waals surface area contributed by atoms with Gasteiger partial charge in [-0.15, -0.1) is 11.8 Å². The molecule has 0 spiro atoms. The molecule has 1 aliphatic heterocycles. The monoisotopic (exact) mass is 219 g/mol. The largest absolute Gasteiger partial charge is 0.376 e. The molecule has 0 saturated carbocycles. The van der Waals surface area contributed by atoms with Gasteiger partial charge in [-0.25, -0.2) is 4.90 Å². The van der Waals surface area contributed by atoms with Gasteiger partial charge in [0.1, 0.15) is 11.4 Å². The van der Waals surface area contributed by atoms with Gasteiger partial charge in [-0.1, -0.05) is 0 Å². The maximum absolute atomic E-state index is 10.0. The summed E-state index contributed by atoms with van der Waals surface area (Å²) < 4.78 is 0. The zero-order valence-corrected chi connectivity index (χ0v) is 10.3. The summed E-state index contributed by atoms with van der Waals surface area (Å²) in [6, 6.07) is 0. The molecule has 0 radical (unpaired) electrons. The minimum absolute atomic E-state index is 0.231. The van der Waals surface area contributed by atoms with Gasteiger partial charge in [-0.2, -0.15) is 0 Å². The van der Waals surface area contributed by atoms with Crippen molar-refractivity contribution in [2.45, 2.75) is 57.4 Å². The normalized spacial score (nSPS) is 24.6. The van der Waals surface area contributed by atoms with Gasteiger partial charge in [0.15, 0.2) is 0 Å². The Balaban J connectivity index is 2.82. The summed E-state index contributed by atoms with van der Waals surface area (Å²) in [6.07, 6.45) is 2.20. The molecule has 0 bridgehead atoms. The molecule has 1 atom stereocenters. The van der Waals surface area contributed by atoms with Gasteiger partial charge < -0.3 is 10.2 Å². The van der Waals surface area contributed by atoms with Gasteiger partial charge in [0.25, 0.3) is 0 Å². The van der Waals surface area contributed by atoms with Gasteiger partial charge in [0, 0.05) is 0 Å². The molecule has 14 heavy (non-hydrogen) atoms. The van der Waals surface area contributed by atoms with E-state index >= 15 is 0 Å². The van der Waals surface area contributed by atoms with E-state index in [4.69, 9.17) is 0 Å². The lowest BCUT2D eigenvalue weighted by Gasteiger charge is -2.45. The zero-order valence-electron chi connectivity index (χ0n) is 9.45. The number of aliphatic hydroxyl groups is 2. The van der Waals surface area contributed by atoms with E-state index in [2.05, 4.69) is 0 Å². The van der Waals surface area contributed by atoms with Crippen LogP contribution in [-0.4, -0.2) is 37.7 Å². The van der Waals surface area contributed by atoms with Crippen molar-refractivity contribution in [3.05, 3.63) is 0 Å². The van der Waals surface area contributed by atoms with Crippen LogP contribution in [-0.2, 0) is 0 Å². The lowest BCUT2D eigenvalue weighted by atomic mass is 10.1. The predicted molar refractivity (Wildman–Crippen MR) is 59.9 cm³/mol. The summed E-state index contributed by atoms with van der Waals surface area (Å²) in [4.78, 5) is 1.79. The van der Waals surface area contributed by atoms with E-state index in [0.717, 1.165) is 18.6 Å². The second-order valence-corrected chi connectivity index (χ2v) is 6.11. The van der Waals surface area contributed by atoms with Crippen LogP contribution in [0.1, 0.15) is 40.5 Å². The van der Waals surface area contributed by atoms with Crippen molar-refractivity contribution in [1.29, 1.82) is 0 Å². The molecule has 4 heteroatoms. The number of rotatable bonds is 3. The minimum Gasteiger partial charge on any atom is -0.376 e. The van der Waals surface area contributed by atoms with E-state index in [1.54, 1.807) is 32.6 Å². The molecular formula is C10H21NO2S. The summed E-state index contributed by atoms with van der Waals surface area (Å²) in [5.41, 5.74) is -1.94. The highest BCUT2D eigenvalue weighted by atomic mass is 32.2. The molecular weight excluding hydrogens is 198 g/mol. The van der Waals surface area contributed by atoms with E-state index in [1.165, 1.54) is 0 Å². The first-order valence-electron chi connectivity index (χ1n) is 5.09. The summed E-state index contributed by atoms with van der Waals surface area (Å²) in [6.45, 7) is 6.90. The summed E-state index contributed by atoms with van der Waals surface area (Å²) in [7, 11) is 0. The fourth-order valence-corrected chi connectivity index (χ4v) is 3.74. The molecule has 0 aliphatic carbocycles. The first-order chi connectivity index (χ1) is 6.23. The lowest BCUT2D eigenvalue weighted by Crippen LogP contribution is -2.58. The Kier molecular flexibility index (Phi) is 3.52. The van der Waals surface area contributed by atoms with Crippen LogP contribution < -0.4 is 0 Å². The average molecular weight is 219 g/mol. The maximum Gasteiger partial charge on any atom is 0.115 e. The highest BCUT2D eigenvalue weighted by Crippen LogP contribution is 2.36. The average Bonchev–Trinajstić information content (AvgIpc) is 2.31. The third-order valence-electron chi connectivity index (χ3n) is 2.37. The van der Waals surface area contributed by atoms with E-state index in [1.807, 2.05) is 11.8 Å². The van der Waals surface area contributed by atoms with Crippen molar-refractivity contribution < 1.29 is 10.2 Å². The molecule has 84 valence electrons. The molecule has 1 rings (SSSR count). The number of hydrogen-bond donors (Lipinski definition) is 2. The highest BCUT2D eigenvalue weighted by molar-refractivity contribution is 8.00. The molecule has 0 aromatic carbocycles. The number of hydrogen-bond acceptors (Lipinski definition) is 4. The standard InChI is InChI=1S/C10H21NO2S/c1-9(2,12)11(10(3,4)13)8-6-5-7-14-8/h8,12-13H,5-7H2,1-4H3. The third-order valence-corrected chi connectivity index (χ3v) is 3.73. The predicted octanol–water partition coefficient (Wildman–Crippen LogP) is 1.60. The van der Waals surface area contributed by atoms with Crippen LogP contribution in [0.4, 0.5) is 0 Å². The smallest absolute Gasteiger partial charge is 0.115 e. The Bertz CT molecular complexity index is 175. The lowest BCUT2D eigenvalue weighted by molar-refractivity contribution is -0.205. The minimum atomic E-state index is -0.972. The first-order valence-corrected chi connectivity index (χ1v) is 6.13. The van der Waals surface area contributed by atoms with Crippen molar-refractivity contribution >= 4 is 11.8 Å². The van der Waals surface area contributed by atoms with Crippen molar-refractivity contribution in [2.24, 2.45) is 0 Å². The molecule has 0 aromatic heterocycles. The molecule has 1 unspecified atom stereocenters. The molecule has 0 aromatic rings. The number of nitrogens with zero attached hydrogens (tertiary/aromatic N) is 1. The Morgan fingerprint density at radius 1 is 1.14 bits per heavy atom. The second kappa shape index (κ2) is 4.00. The fourth-order valence-electron chi connectivity index (χ4n) is 2.14. The van der Waals surface area contributed by atoms with E-state index < -0.39 is 11.4 Å². The molecule has 1 aliphatic rings. The zero-order chi connectivity index (χ0) is 11.0. The van der Waals surface area contributed by atoms with Gasteiger partial charge >= 0.3 is 0 Å². The van der Waals surface area contributed by atoms with Crippen LogP contribution in [0.2, 0.25) is 0 Å². The molecule has 3 nitrogen and oxygen atoms in total. The van der Waals surface area contributed by atoms with Gasteiger partial charge in [-0.05, 0) is 46.3 Å². The van der Waals surface area contributed by atoms with Crippen LogP contribution in [0, 0.1) is 0 Å². The Hall–Kier alpha value is 0.230. The summed E-state index contributed by atoms with van der Waals surface area (Å²) in [5, 5.41) is 20.3. The first kappa shape index (κ1) is 12.3. The van der Waals surface area contributed by atoms with E-state index in [-0.39, 0.29) is 5.37 Å². The Morgan fingerprint density at radius 3 is 1.93 bits per heavy atom.